The molecule has 1 aliphatic rings. The predicted octanol–water partition coefficient (Wildman–Crippen LogP) is 2.65. The number of benzene rings is 1. The molecule has 7 nitrogen and oxygen atoms in total. The Labute approximate surface area is 138 Å². The Balaban J connectivity index is 2.23. The lowest BCUT2D eigenvalue weighted by molar-refractivity contribution is 0.321. The van der Waals surface area contributed by atoms with Crippen LogP contribution in [0.1, 0.15) is 31.0 Å². The van der Waals surface area contributed by atoms with Gasteiger partial charge in [-0.15, -0.1) is 0 Å². The molecule has 3 N–H and O–H groups in total. The number of aromatic nitrogens is 2. The molecule has 24 heavy (non-hydrogen) atoms. The summed E-state index contributed by atoms with van der Waals surface area (Å²) in [5.74, 6) is -0.431. The molecule has 0 fully saturated rings. The molecule has 0 saturated heterocycles. The highest BCUT2D eigenvalue weighted by molar-refractivity contribution is 5.97. The van der Waals surface area contributed by atoms with E-state index in [9.17, 15) is 10.5 Å². The molecule has 1 aromatic carbocycles. The number of allylic oxidation sites excluding steroid dienone is 4. The molecule has 3 rings (SSSR count). The van der Waals surface area contributed by atoms with E-state index in [0.717, 1.165) is 22.3 Å². The fourth-order valence-corrected chi connectivity index (χ4v) is 3.01. The van der Waals surface area contributed by atoms with Crippen molar-refractivity contribution in [2.24, 2.45) is 5.16 Å². The Hall–Kier alpha value is -3.58. The second kappa shape index (κ2) is 5.90. The monoisotopic (exact) mass is 318 g/mol. The van der Waals surface area contributed by atoms with Gasteiger partial charge in [-0.05, 0) is 31.5 Å². The number of H-pyrrole nitrogens is 1. The summed E-state index contributed by atoms with van der Waals surface area (Å²) in [4.78, 5) is 0. The fraction of sp³-hybridized carbons (Fsp3) is 0.176. The summed E-state index contributed by atoms with van der Waals surface area (Å²) < 4.78 is 0. The highest BCUT2D eigenvalue weighted by Crippen LogP contribution is 2.38. The molecule has 0 radical (unpaired) electrons. The van der Waals surface area contributed by atoms with Crippen LogP contribution in [0.3, 0.4) is 0 Å². The van der Waals surface area contributed by atoms with Gasteiger partial charge in [-0.3, -0.25) is 5.10 Å². The minimum atomic E-state index is -0.431. The number of fused-ring (bicyclic) bond motifs is 1. The number of hydrogen-bond acceptors (Lipinski definition) is 6. The maximum Gasteiger partial charge on any atom is 0.0975 e. The SMILES string of the molecule is CC1=C(C#N)C(c2ccc3n[nH]c(C=NO)c3c2)C(C#N)=C(C)N1. The summed E-state index contributed by atoms with van der Waals surface area (Å²) in [6.45, 7) is 3.65. The van der Waals surface area contributed by atoms with Crippen molar-refractivity contribution >= 4 is 17.1 Å². The standard InChI is InChI=1S/C17H14N6O/c1-9-13(6-18)17(14(7-19)10(2)21-9)11-3-4-15-12(5-11)16(8-20-24)23-22-15/h3-5,8,17,21,24H,1-2H3,(H,22,23). The van der Waals surface area contributed by atoms with Crippen LogP contribution in [-0.2, 0) is 0 Å². The molecule has 0 bridgehead atoms. The van der Waals surface area contributed by atoms with Crippen molar-refractivity contribution in [3.8, 4) is 12.1 Å². The van der Waals surface area contributed by atoms with Crippen molar-refractivity contribution in [3.63, 3.8) is 0 Å². The molecule has 2 aromatic rings. The van der Waals surface area contributed by atoms with Crippen molar-refractivity contribution in [1.29, 1.82) is 10.5 Å². The Morgan fingerprint density at radius 2 is 1.88 bits per heavy atom. The van der Waals surface area contributed by atoms with Gasteiger partial charge in [0.2, 0.25) is 0 Å². The largest absolute Gasteiger partial charge is 0.411 e. The van der Waals surface area contributed by atoms with E-state index in [0.29, 0.717) is 22.4 Å². The summed E-state index contributed by atoms with van der Waals surface area (Å²) in [5.41, 5.74) is 4.58. The third kappa shape index (κ3) is 2.29. The van der Waals surface area contributed by atoms with E-state index in [4.69, 9.17) is 5.21 Å². The maximum atomic E-state index is 9.55. The Kier molecular flexibility index (Phi) is 3.77. The summed E-state index contributed by atoms with van der Waals surface area (Å²) in [6, 6.07) is 9.95. The predicted molar refractivity (Wildman–Crippen MR) is 88.0 cm³/mol. The second-order valence-corrected chi connectivity index (χ2v) is 5.52. The van der Waals surface area contributed by atoms with E-state index in [2.05, 4.69) is 32.8 Å². The van der Waals surface area contributed by atoms with E-state index in [-0.39, 0.29) is 0 Å². The molecule has 2 heterocycles. The van der Waals surface area contributed by atoms with Gasteiger partial charge in [0, 0.05) is 16.8 Å². The van der Waals surface area contributed by atoms with E-state index < -0.39 is 5.92 Å². The lowest BCUT2D eigenvalue weighted by Gasteiger charge is -2.26. The van der Waals surface area contributed by atoms with Crippen molar-refractivity contribution < 1.29 is 5.21 Å². The third-order valence-electron chi connectivity index (χ3n) is 4.13. The van der Waals surface area contributed by atoms with Crippen molar-refractivity contribution in [2.75, 3.05) is 0 Å². The Morgan fingerprint density at radius 1 is 1.21 bits per heavy atom. The van der Waals surface area contributed by atoms with Crippen LogP contribution in [0.2, 0.25) is 0 Å². The third-order valence-corrected chi connectivity index (χ3v) is 4.13. The first kappa shape index (κ1) is 15.3. The van der Waals surface area contributed by atoms with Crippen LogP contribution in [0.25, 0.3) is 10.9 Å². The van der Waals surface area contributed by atoms with Gasteiger partial charge in [0.15, 0.2) is 0 Å². The zero-order chi connectivity index (χ0) is 17.3. The van der Waals surface area contributed by atoms with Crippen molar-refractivity contribution in [1.82, 2.24) is 15.5 Å². The number of dihydropyridines is 1. The van der Waals surface area contributed by atoms with Crippen LogP contribution < -0.4 is 5.32 Å². The topological polar surface area (TPSA) is 121 Å². The molecule has 7 heteroatoms. The molecule has 0 saturated carbocycles. The highest BCUT2D eigenvalue weighted by Gasteiger charge is 2.29. The molecule has 0 unspecified atom stereocenters. The molecule has 118 valence electrons. The summed E-state index contributed by atoms with van der Waals surface area (Å²) in [6.07, 6.45) is 1.26. The number of nitrogens with zero attached hydrogens (tertiary/aromatic N) is 4. The number of nitriles is 2. The van der Waals surface area contributed by atoms with Gasteiger partial charge >= 0.3 is 0 Å². The van der Waals surface area contributed by atoms with Gasteiger partial charge in [-0.2, -0.15) is 15.6 Å². The van der Waals surface area contributed by atoms with Gasteiger partial charge < -0.3 is 10.5 Å². The van der Waals surface area contributed by atoms with Crippen LogP contribution in [-0.4, -0.2) is 21.6 Å². The molecular formula is C17H14N6O. The first-order valence-electron chi connectivity index (χ1n) is 7.25. The molecule has 0 aliphatic carbocycles. The minimum Gasteiger partial charge on any atom is -0.411 e. The second-order valence-electron chi connectivity index (χ2n) is 5.52. The maximum absolute atomic E-state index is 9.55. The lowest BCUT2D eigenvalue weighted by atomic mass is 9.81. The number of oxime groups is 1. The highest BCUT2D eigenvalue weighted by atomic mass is 16.4. The normalized spacial score (nSPS) is 15.7. The van der Waals surface area contributed by atoms with E-state index in [1.54, 1.807) is 0 Å². The zero-order valence-corrected chi connectivity index (χ0v) is 13.1. The summed E-state index contributed by atoms with van der Waals surface area (Å²) in [5, 5.41) is 41.7. The van der Waals surface area contributed by atoms with Crippen molar-refractivity contribution in [3.05, 3.63) is 52.0 Å². The quantitative estimate of drug-likeness (QED) is 0.446. The molecular weight excluding hydrogens is 304 g/mol. The zero-order valence-electron chi connectivity index (χ0n) is 13.1. The Bertz CT molecular complexity index is 960. The van der Waals surface area contributed by atoms with Gasteiger partial charge in [0.05, 0.1) is 46.6 Å². The average molecular weight is 318 g/mol. The van der Waals surface area contributed by atoms with Gasteiger partial charge in [0.1, 0.15) is 0 Å². The van der Waals surface area contributed by atoms with Gasteiger partial charge in [-0.25, -0.2) is 0 Å². The van der Waals surface area contributed by atoms with Crippen LogP contribution in [0, 0.1) is 22.7 Å². The van der Waals surface area contributed by atoms with Crippen LogP contribution >= 0.6 is 0 Å². The number of rotatable bonds is 2. The first-order chi connectivity index (χ1) is 11.6. The first-order valence-corrected chi connectivity index (χ1v) is 7.25. The molecule has 0 atom stereocenters. The van der Waals surface area contributed by atoms with E-state index in [1.165, 1.54) is 6.21 Å². The number of nitrogens with one attached hydrogen (secondary N) is 2. The van der Waals surface area contributed by atoms with Gasteiger partial charge in [0.25, 0.3) is 0 Å². The molecule has 0 amide bonds. The smallest absolute Gasteiger partial charge is 0.0975 e. The van der Waals surface area contributed by atoms with E-state index >= 15 is 0 Å². The molecule has 1 aliphatic heterocycles. The van der Waals surface area contributed by atoms with Crippen LogP contribution in [0.4, 0.5) is 0 Å². The fourth-order valence-electron chi connectivity index (χ4n) is 3.01. The lowest BCUT2D eigenvalue weighted by Crippen LogP contribution is -2.23. The number of aromatic amines is 1. The van der Waals surface area contributed by atoms with E-state index in [1.807, 2.05) is 32.0 Å². The number of hydrogen-bond donors (Lipinski definition) is 3. The van der Waals surface area contributed by atoms with Gasteiger partial charge in [-0.1, -0.05) is 11.2 Å². The van der Waals surface area contributed by atoms with Crippen molar-refractivity contribution in [2.45, 2.75) is 19.8 Å². The minimum absolute atomic E-state index is 0.431. The summed E-state index contributed by atoms with van der Waals surface area (Å²) >= 11 is 0. The average Bonchev–Trinajstić information content (AvgIpc) is 2.97. The van der Waals surface area contributed by atoms with Crippen LogP contribution in [0.5, 0.6) is 0 Å². The summed E-state index contributed by atoms with van der Waals surface area (Å²) in [7, 11) is 0. The Morgan fingerprint density at radius 3 is 2.46 bits per heavy atom. The molecule has 1 aromatic heterocycles. The molecule has 0 spiro atoms. The van der Waals surface area contributed by atoms with Crippen LogP contribution in [0.15, 0.2) is 45.9 Å².